The number of ether oxygens (including phenoxy) is 1. The van der Waals surface area contributed by atoms with E-state index in [1.54, 1.807) is 6.07 Å². The van der Waals surface area contributed by atoms with Crippen LogP contribution in [-0.4, -0.2) is 12.6 Å². The summed E-state index contributed by atoms with van der Waals surface area (Å²) in [5.74, 6) is 0. The standard InChI is InChI=1S/C20H20N2O2/c1-16-18(11-7-12-19(16)14-21)10-5-6-13-22-20(23)24-15-17-8-3-2-4-9-17/h2-5,7-12H,6,13,15H2,1H3,(H,22,23). The molecule has 0 aliphatic heterocycles. The third-order valence-corrected chi connectivity index (χ3v) is 3.59. The highest BCUT2D eigenvalue weighted by Gasteiger charge is 2.01. The van der Waals surface area contributed by atoms with Gasteiger partial charge in [0.2, 0.25) is 0 Å². The van der Waals surface area contributed by atoms with Gasteiger partial charge in [-0.3, -0.25) is 0 Å². The van der Waals surface area contributed by atoms with Crippen molar-refractivity contribution < 1.29 is 9.53 Å². The van der Waals surface area contributed by atoms with Crippen LogP contribution in [0.3, 0.4) is 0 Å². The Morgan fingerprint density at radius 2 is 2.00 bits per heavy atom. The van der Waals surface area contributed by atoms with E-state index >= 15 is 0 Å². The molecule has 1 N–H and O–H groups in total. The molecular weight excluding hydrogens is 300 g/mol. The van der Waals surface area contributed by atoms with E-state index in [1.165, 1.54) is 0 Å². The van der Waals surface area contributed by atoms with Crippen molar-refractivity contribution in [1.82, 2.24) is 5.32 Å². The second-order valence-electron chi connectivity index (χ2n) is 5.31. The van der Waals surface area contributed by atoms with Crippen LogP contribution in [0.1, 0.15) is 28.7 Å². The van der Waals surface area contributed by atoms with Crippen molar-refractivity contribution in [3.63, 3.8) is 0 Å². The molecule has 2 aromatic rings. The van der Waals surface area contributed by atoms with Crippen molar-refractivity contribution in [2.45, 2.75) is 20.0 Å². The van der Waals surface area contributed by atoms with E-state index in [9.17, 15) is 4.79 Å². The molecule has 0 spiro atoms. The summed E-state index contributed by atoms with van der Waals surface area (Å²) in [4.78, 5) is 11.6. The Bertz CT molecular complexity index is 746. The summed E-state index contributed by atoms with van der Waals surface area (Å²) in [5.41, 5.74) is 3.62. The van der Waals surface area contributed by atoms with Crippen LogP contribution in [-0.2, 0) is 11.3 Å². The quantitative estimate of drug-likeness (QED) is 0.812. The summed E-state index contributed by atoms with van der Waals surface area (Å²) in [6, 6.07) is 17.4. The first kappa shape index (κ1) is 17.3. The number of hydrogen-bond donors (Lipinski definition) is 1. The summed E-state index contributed by atoms with van der Waals surface area (Å²) in [5, 5.41) is 11.7. The van der Waals surface area contributed by atoms with Gasteiger partial charge in [0, 0.05) is 6.54 Å². The van der Waals surface area contributed by atoms with Gasteiger partial charge >= 0.3 is 6.09 Å². The molecule has 2 rings (SSSR count). The highest BCUT2D eigenvalue weighted by Crippen LogP contribution is 2.14. The van der Waals surface area contributed by atoms with Gasteiger partial charge in [-0.2, -0.15) is 5.26 Å². The number of hydrogen-bond acceptors (Lipinski definition) is 3. The normalized spacial score (nSPS) is 10.3. The lowest BCUT2D eigenvalue weighted by Crippen LogP contribution is -2.24. The molecule has 122 valence electrons. The number of alkyl carbamates (subject to hydrolysis) is 1. The first-order chi connectivity index (χ1) is 11.7. The zero-order valence-corrected chi connectivity index (χ0v) is 13.7. The van der Waals surface area contributed by atoms with Crippen LogP contribution in [0.15, 0.2) is 54.6 Å². The number of nitrogens with zero attached hydrogens (tertiary/aromatic N) is 1. The number of benzene rings is 2. The van der Waals surface area contributed by atoms with Gasteiger partial charge in [0.05, 0.1) is 11.6 Å². The van der Waals surface area contributed by atoms with Gasteiger partial charge in [0.1, 0.15) is 6.61 Å². The van der Waals surface area contributed by atoms with E-state index in [1.807, 2.05) is 61.5 Å². The average molecular weight is 320 g/mol. The van der Waals surface area contributed by atoms with Crippen LogP contribution in [0.25, 0.3) is 6.08 Å². The Hall–Kier alpha value is -3.06. The molecule has 0 unspecified atom stereocenters. The van der Waals surface area contributed by atoms with Crippen molar-refractivity contribution in [1.29, 1.82) is 5.26 Å². The van der Waals surface area contributed by atoms with Crippen LogP contribution >= 0.6 is 0 Å². The second-order valence-corrected chi connectivity index (χ2v) is 5.31. The first-order valence-electron chi connectivity index (χ1n) is 7.81. The van der Waals surface area contributed by atoms with E-state index in [-0.39, 0.29) is 6.61 Å². The first-order valence-corrected chi connectivity index (χ1v) is 7.81. The average Bonchev–Trinajstić information content (AvgIpc) is 2.62. The Morgan fingerprint density at radius 1 is 1.21 bits per heavy atom. The topological polar surface area (TPSA) is 62.1 Å². The maximum absolute atomic E-state index is 11.6. The molecule has 0 fully saturated rings. The maximum atomic E-state index is 11.6. The molecule has 0 aliphatic rings. The molecular formula is C20H20N2O2. The molecule has 0 aliphatic carbocycles. The van der Waals surface area contributed by atoms with Gasteiger partial charge in [0.15, 0.2) is 0 Å². The molecule has 4 nitrogen and oxygen atoms in total. The largest absolute Gasteiger partial charge is 0.445 e. The van der Waals surface area contributed by atoms with Gasteiger partial charge in [-0.1, -0.05) is 54.6 Å². The van der Waals surface area contributed by atoms with E-state index in [2.05, 4.69) is 11.4 Å². The monoisotopic (exact) mass is 320 g/mol. The number of amides is 1. The number of carbonyl (C=O) groups excluding carboxylic acids is 1. The Labute approximate surface area is 142 Å². The van der Waals surface area contributed by atoms with E-state index in [4.69, 9.17) is 10.00 Å². The molecule has 4 heteroatoms. The smallest absolute Gasteiger partial charge is 0.407 e. The number of nitriles is 1. The van der Waals surface area contributed by atoms with E-state index < -0.39 is 6.09 Å². The predicted molar refractivity (Wildman–Crippen MR) is 94.2 cm³/mol. The molecule has 0 heterocycles. The van der Waals surface area contributed by atoms with E-state index in [0.717, 1.165) is 16.7 Å². The minimum atomic E-state index is -0.421. The minimum absolute atomic E-state index is 0.267. The minimum Gasteiger partial charge on any atom is -0.445 e. The molecule has 2 aromatic carbocycles. The summed E-state index contributed by atoms with van der Waals surface area (Å²) in [6.07, 6.45) is 4.21. The Kier molecular flexibility index (Phi) is 6.60. The predicted octanol–water partition coefficient (Wildman–Crippen LogP) is 4.20. The fourth-order valence-electron chi connectivity index (χ4n) is 2.20. The molecule has 1 amide bonds. The zero-order valence-electron chi connectivity index (χ0n) is 13.7. The van der Waals surface area contributed by atoms with E-state index in [0.29, 0.717) is 18.5 Å². The third-order valence-electron chi connectivity index (χ3n) is 3.59. The van der Waals surface area contributed by atoms with Gasteiger partial charge in [-0.25, -0.2) is 4.79 Å². The molecule has 0 atom stereocenters. The summed E-state index contributed by atoms with van der Waals surface area (Å²) >= 11 is 0. The van der Waals surface area contributed by atoms with Gasteiger partial charge in [0.25, 0.3) is 0 Å². The summed E-state index contributed by atoms with van der Waals surface area (Å²) in [6.45, 7) is 2.70. The second kappa shape index (κ2) is 9.16. The van der Waals surface area contributed by atoms with Crippen LogP contribution in [0.5, 0.6) is 0 Å². The van der Waals surface area contributed by atoms with Gasteiger partial charge < -0.3 is 10.1 Å². The summed E-state index contributed by atoms with van der Waals surface area (Å²) in [7, 11) is 0. The molecule has 0 saturated heterocycles. The molecule has 24 heavy (non-hydrogen) atoms. The van der Waals surface area contributed by atoms with Crippen LogP contribution < -0.4 is 5.32 Å². The fourth-order valence-corrected chi connectivity index (χ4v) is 2.20. The van der Waals surface area contributed by atoms with Crippen molar-refractivity contribution in [2.24, 2.45) is 0 Å². The number of carbonyl (C=O) groups is 1. The number of nitrogens with one attached hydrogen (secondary N) is 1. The van der Waals surface area contributed by atoms with Crippen molar-refractivity contribution in [3.05, 3.63) is 76.9 Å². The fraction of sp³-hybridized carbons (Fsp3) is 0.200. The van der Waals surface area contributed by atoms with Crippen molar-refractivity contribution >= 4 is 12.2 Å². The lowest BCUT2D eigenvalue weighted by molar-refractivity contribution is 0.140. The Balaban J connectivity index is 1.71. The highest BCUT2D eigenvalue weighted by molar-refractivity contribution is 5.67. The third kappa shape index (κ3) is 5.29. The lowest BCUT2D eigenvalue weighted by atomic mass is 10.0. The Morgan fingerprint density at radius 3 is 2.75 bits per heavy atom. The zero-order chi connectivity index (χ0) is 17.2. The van der Waals surface area contributed by atoms with Crippen LogP contribution in [0.4, 0.5) is 4.79 Å². The number of rotatable bonds is 6. The highest BCUT2D eigenvalue weighted by atomic mass is 16.5. The van der Waals surface area contributed by atoms with Crippen molar-refractivity contribution in [3.8, 4) is 6.07 Å². The van der Waals surface area contributed by atoms with Crippen molar-refractivity contribution in [2.75, 3.05) is 6.54 Å². The molecule has 0 bridgehead atoms. The van der Waals surface area contributed by atoms with Gasteiger partial charge in [-0.15, -0.1) is 0 Å². The lowest BCUT2D eigenvalue weighted by Gasteiger charge is -2.06. The van der Waals surface area contributed by atoms with Crippen LogP contribution in [0, 0.1) is 18.3 Å². The van der Waals surface area contributed by atoms with Gasteiger partial charge in [-0.05, 0) is 36.1 Å². The summed E-state index contributed by atoms with van der Waals surface area (Å²) < 4.78 is 5.13. The SMILES string of the molecule is Cc1c(C#N)cccc1C=CCCNC(=O)OCc1ccccc1. The maximum Gasteiger partial charge on any atom is 0.407 e. The molecule has 0 radical (unpaired) electrons. The molecule has 0 aromatic heterocycles. The molecule has 0 saturated carbocycles. The van der Waals surface area contributed by atoms with Crippen LogP contribution in [0.2, 0.25) is 0 Å².